The molecule has 3 rings (SSSR count). The van der Waals surface area contributed by atoms with Crippen LogP contribution in [0.25, 0.3) is 0 Å². The molecule has 7 nitrogen and oxygen atoms in total. The summed E-state index contributed by atoms with van der Waals surface area (Å²) in [4.78, 5) is 12.2. The van der Waals surface area contributed by atoms with Crippen LogP contribution in [-0.4, -0.2) is 24.1 Å². The van der Waals surface area contributed by atoms with Gasteiger partial charge < -0.3 is 4.42 Å². The maximum atomic E-state index is 12.3. The van der Waals surface area contributed by atoms with Gasteiger partial charge in [0.05, 0.1) is 0 Å². The molecule has 1 aliphatic carbocycles. The number of carbonyl (C=O) groups is 1. The molecule has 0 bridgehead atoms. The predicted molar refractivity (Wildman–Crippen MR) is 77.6 cm³/mol. The lowest BCUT2D eigenvalue weighted by atomic mass is 10.2. The first kappa shape index (κ1) is 14.8. The maximum absolute atomic E-state index is 12.3. The third kappa shape index (κ3) is 2.54. The third-order valence-electron chi connectivity index (χ3n) is 3.89. The fraction of sp³-hybridized carbons (Fsp3) is 0.429. The monoisotopic (exact) mass is 323 g/mol. The molecule has 118 valence electrons. The van der Waals surface area contributed by atoms with Crippen LogP contribution in [0.15, 0.2) is 27.6 Å². The fourth-order valence-corrected chi connectivity index (χ4v) is 3.96. The molecule has 8 heteroatoms. The minimum Gasteiger partial charge on any atom is -0.465 e. The van der Waals surface area contributed by atoms with E-state index >= 15 is 0 Å². The van der Waals surface area contributed by atoms with Gasteiger partial charge in [-0.2, -0.15) is 5.10 Å². The van der Waals surface area contributed by atoms with E-state index < -0.39 is 15.9 Å². The summed E-state index contributed by atoms with van der Waals surface area (Å²) < 4.78 is 33.6. The van der Waals surface area contributed by atoms with Crippen molar-refractivity contribution in [3.63, 3.8) is 0 Å². The minimum absolute atomic E-state index is 0.0103. The highest BCUT2D eigenvalue weighted by atomic mass is 32.2. The van der Waals surface area contributed by atoms with E-state index in [9.17, 15) is 13.2 Å². The molecular formula is C14H17N3O4S. The molecular weight excluding hydrogens is 306 g/mol. The van der Waals surface area contributed by atoms with Crippen molar-refractivity contribution in [2.75, 3.05) is 0 Å². The zero-order chi connectivity index (χ0) is 16.1. The number of carbonyl (C=O) groups excluding carboxylic acids is 1. The van der Waals surface area contributed by atoms with Crippen LogP contribution in [-0.2, 0) is 21.9 Å². The number of hydrogen-bond donors (Lipinski definition) is 1. The normalized spacial score (nSPS) is 20.9. The Morgan fingerprint density at radius 2 is 2.18 bits per heavy atom. The molecule has 1 aliphatic rings. The average molecular weight is 323 g/mol. The Kier molecular flexibility index (Phi) is 3.36. The van der Waals surface area contributed by atoms with E-state index in [1.165, 1.54) is 6.07 Å². The highest BCUT2D eigenvalue weighted by Gasteiger charge is 2.46. The van der Waals surface area contributed by atoms with Gasteiger partial charge in [-0.25, -0.2) is 13.1 Å². The first-order valence-electron chi connectivity index (χ1n) is 6.91. The number of aromatic nitrogens is 2. The van der Waals surface area contributed by atoms with E-state index in [1.54, 1.807) is 31.8 Å². The summed E-state index contributed by atoms with van der Waals surface area (Å²) >= 11 is 0. The second-order valence-corrected chi connectivity index (χ2v) is 7.23. The summed E-state index contributed by atoms with van der Waals surface area (Å²) in [6.07, 6.45) is 2.29. The minimum atomic E-state index is -3.89. The Morgan fingerprint density at radius 3 is 2.73 bits per heavy atom. The van der Waals surface area contributed by atoms with Gasteiger partial charge in [-0.15, -0.1) is 0 Å². The highest BCUT2D eigenvalue weighted by molar-refractivity contribution is 7.90. The van der Waals surface area contributed by atoms with Gasteiger partial charge in [0, 0.05) is 36.8 Å². The van der Waals surface area contributed by atoms with Crippen LogP contribution in [0, 0.1) is 19.8 Å². The summed E-state index contributed by atoms with van der Waals surface area (Å²) in [5.74, 6) is -0.0286. The van der Waals surface area contributed by atoms with Gasteiger partial charge in [0.2, 0.25) is 5.91 Å². The van der Waals surface area contributed by atoms with Crippen LogP contribution in [0.2, 0.25) is 0 Å². The third-order valence-corrected chi connectivity index (χ3v) is 5.34. The van der Waals surface area contributed by atoms with Gasteiger partial charge in [0.15, 0.2) is 0 Å². The molecule has 0 radical (unpaired) electrons. The molecule has 2 atom stereocenters. The Hall–Kier alpha value is -2.09. The fourth-order valence-electron chi connectivity index (χ4n) is 2.70. The van der Waals surface area contributed by atoms with Crippen LogP contribution < -0.4 is 4.72 Å². The number of nitrogens with zero attached hydrogens (tertiary/aromatic N) is 2. The van der Waals surface area contributed by atoms with E-state index in [0.29, 0.717) is 12.2 Å². The first-order chi connectivity index (χ1) is 10.3. The summed E-state index contributed by atoms with van der Waals surface area (Å²) in [5, 5.41) is 4.06. The number of nitrogens with one attached hydrogen (secondary N) is 1. The van der Waals surface area contributed by atoms with Gasteiger partial charge in [-0.1, -0.05) is 0 Å². The lowest BCUT2D eigenvalue weighted by Gasteiger charge is -2.06. The van der Waals surface area contributed by atoms with Gasteiger partial charge in [-0.05, 0) is 26.3 Å². The summed E-state index contributed by atoms with van der Waals surface area (Å²) in [6, 6.07) is 3.26. The summed E-state index contributed by atoms with van der Waals surface area (Å²) in [6.45, 7) is 3.22. The van der Waals surface area contributed by atoms with Crippen molar-refractivity contribution in [2.24, 2.45) is 13.0 Å². The van der Waals surface area contributed by atoms with Crippen LogP contribution in [0.5, 0.6) is 0 Å². The zero-order valence-electron chi connectivity index (χ0n) is 12.5. The molecule has 0 aliphatic heterocycles. The molecule has 2 aromatic rings. The van der Waals surface area contributed by atoms with E-state index in [0.717, 1.165) is 5.69 Å². The van der Waals surface area contributed by atoms with Crippen molar-refractivity contribution in [1.29, 1.82) is 0 Å². The van der Waals surface area contributed by atoms with Gasteiger partial charge in [0.1, 0.15) is 16.4 Å². The lowest BCUT2D eigenvalue weighted by molar-refractivity contribution is -0.120. The Labute approximate surface area is 128 Å². The molecule has 1 saturated carbocycles. The number of rotatable bonds is 4. The number of furan rings is 1. The zero-order valence-corrected chi connectivity index (χ0v) is 13.3. The average Bonchev–Trinajstić information content (AvgIpc) is 2.98. The van der Waals surface area contributed by atoms with Crippen LogP contribution in [0.3, 0.4) is 0 Å². The Morgan fingerprint density at radius 1 is 1.45 bits per heavy atom. The molecule has 0 saturated heterocycles. The van der Waals surface area contributed by atoms with Crippen molar-refractivity contribution in [1.82, 2.24) is 14.5 Å². The molecule has 0 spiro atoms. The maximum Gasteiger partial charge on any atom is 0.267 e. The van der Waals surface area contributed by atoms with E-state index in [1.807, 2.05) is 6.07 Å². The number of aryl methyl sites for hydroxylation is 3. The summed E-state index contributed by atoms with van der Waals surface area (Å²) in [7, 11) is -2.09. The Bertz CT molecular complexity index is 834. The van der Waals surface area contributed by atoms with E-state index in [4.69, 9.17) is 4.42 Å². The largest absolute Gasteiger partial charge is 0.465 e. The van der Waals surface area contributed by atoms with E-state index in [2.05, 4.69) is 9.82 Å². The van der Waals surface area contributed by atoms with Crippen molar-refractivity contribution >= 4 is 15.9 Å². The second-order valence-electron chi connectivity index (χ2n) is 5.58. The van der Waals surface area contributed by atoms with Crippen LogP contribution in [0.4, 0.5) is 0 Å². The second kappa shape index (κ2) is 4.98. The topological polar surface area (TPSA) is 94.2 Å². The summed E-state index contributed by atoms with van der Waals surface area (Å²) in [5.41, 5.74) is 0.938. The number of hydrogen-bond acceptors (Lipinski definition) is 5. The predicted octanol–water partition coefficient (Wildman–Crippen LogP) is 1.24. The van der Waals surface area contributed by atoms with Crippen molar-refractivity contribution in [3.8, 4) is 0 Å². The van der Waals surface area contributed by atoms with Crippen molar-refractivity contribution < 1.29 is 17.6 Å². The molecule has 1 N–H and O–H groups in total. The molecule has 1 fully saturated rings. The lowest BCUT2D eigenvalue weighted by Crippen LogP contribution is -2.32. The van der Waals surface area contributed by atoms with Crippen LogP contribution in [0.1, 0.15) is 29.6 Å². The quantitative estimate of drug-likeness (QED) is 0.913. The molecule has 2 aromatic heterocycles. The van der Waals surface area contributed by atoms with Gasteiger partial charge in [-0.3, -0.25) is 9.48 Å². The van der Waals surface area contributed by atoms with Gasteiger partial charge >= 0.3 is 0 Å². The van der Waals surface area contributed by atoms with E-state index in [-0.39, 0.29) is 22.5 Å². The van der Waals surface area contributed by atoms with Crippen LogP contribution >= 0.6 is 0 Å². The smallest absolute Gasteiger partial charge is 0.267 e. The van der Waals surface area contributed by atoms with Gasteiger partial charge in [0.25, 0.3) is 10.0 Å². The first-order valence-corrected chi connectivity index (χ1v) is 8.39. The van der Waals surface area contributed by atoms with Crippen molar-refractivity contribution in [3.05, 3.63) is 35.5 Å². The molecule has 2 heterocycles. The molecule has 1 amide bonds. The molecule has 22 heavy (non-hydrogen) atoms. The Balaban J connectivity index is 1.73. The highest BCUT2D eigenvalue weighted by Crippen LogP contribution is 2.47. The standard InChI is InChI=1S/C14H17N3O4S/c1-8-6-13(9(2)21-8)22(19,20)16-14(18)11-7-10(11)12-4-5-15-17(12)3/h4-6,10-11H,7H2,1-3H3,(H,16,18)/t10-,11-/m1/s1. The SMILES string of the molecule is Cc1cc(S(=O)(=O)NC(=O)[C@@H]2C[C@H]2c2ccnn2C)c(C)o1. The van der Waals surface area contributed by atoms with Crippen molar-refractivity contribution in [2.45, 2.75) is 31.1 Å². The number of sulfonamides is 1. The number of amides is 1. The molecule has 0 unspecified atom stereocenters. The molecule has 0 aromatic carbocycles.